The second-order valence-electron chi connectivity index (χ2n) is 4.89. The lowest BCUT2D eigenvalue weighted by molar-refractivity contribution is 0.269. The molecular formula is C14H22F2N2. The van der Waals surface area contributed by atoms with Gasteiger partial charge in [0, 0.05) is 30.7 Å². The molecule has 2 nitrogen and oxygen atoms in total. The summed E-state index contributed by atoms with van der Waals surface area (Å²) in [7, 11) is 2.04. The maximum atomic E-state index is 13.5. The van der Waals surface area contributed by atoms with Crippen molar-refractivity contribution in [1.29, 1.82) is 0 Å². The minimum Gasteiger partial charge on any atom is -0.309 e. The van der Waals surface area contributed by atoms with E-state index in [1.54, 1.807) is 6.07 Å². The van der Waals surface area contributed by atoms with Gasteiger partial charge in [-0.25, -0.2) is 8.78 Å². The summed E-state index contributed by atoms with van der Waals surface area (Å²) in [5.41, 5.74) is 0.377. The van der Waals surface area contributed by atoms with Crippen LogP contribution < -0.4 is 5.32 Å². The van der Waals surface area contributed by atoms with Gasteiger partial charge in [-0.1, -0.05) is 12.1 Å². The smallest absolute Gasteiger partial charge is 0.163 e. The molecule has 102 valence electrons. The Morgan fingerprint density at radius 2 is 1.89 bits per heavy atom. The van der Waals surface area contributed by atoms with Crippen LogP contribution in [0.3, 0.4) is 0 Å². The second kappa shape index (κ2) is 6.81. The lowest BCUT2D eigenvalue weighted by atomic mass is 10.1. The maximum absolute atomic E-state index is 13.5. The van der Waals surface area contributed by atoms with Gasteiger partial charge in [0.25, 0.3) is 0 Å². The molecule has 0 saturated heterocycles. The van der Waals surface area contributed by atoms with Gasteiger partial charge in [-0.05, 0) is 33.9 Å². The summed E-state index contributed by atoms with van der Waals surface area (Å²) >= 11 is 0. The van der Waals surface area contributed by atoms with E-state index >= 15 is 0 Å². The first-order valence-corrected chi connectivity index (χ1v) is 6.31. The van der Waals surface area contributed by atoms with Gasteiger partial charge < -0.3 is 10.2 Å². The maximum Gasteiger partial charge on any atom is 0.163 e. The number of likely N-dealkylation sites (N-methyl/N-ethyl adjacent to an activating group) is 1. The molecule has 1 unspecified atom stereocenters. The van der Waals surface area contributed by atoms with E-state index in [1.807, 2.05) is 14.0 Å². The Morgan fingerprint density at radius 3 is 2.50 bits per heavy atom. The average molecular weight is 256 g/mol. The minimum atomic E-state index is -0.791. The molecule has 1 aromatic rings. The minimum absolute atomic E-state index is 0.193. The molecule has 1 rings (SSSR count). The molecule has 0 fully saturated rings. The molecule has 1 N–H and O–H groups in total. The summed E-state index contributed by atoms with van der Waals surface area (Å²) in [5, 5.41) is 3.20. The van der Waals surface area contributed by atoms with Crippen molar-refractivity contribution in [1.82, 2.24) is 10.2 Å². The fraction of sp³-hybridized carbons (Fsp3) is 0.571. The average Bonchev–Trinajstić information content (AvgIpc) is 2.32. The van der Waals surface area contributed by atoms with Crippen molar-refractivity contribution in [3.05, 3.63) is 35.4 Å². The summed E-state index contributed by atoms with van der Waals surface area (Å²) < 4.78 is 26.6. The summed E-state index contributed by atoms with van der Waals surface area (Å²) in [5.74, 6) is -1.55. The van der Waals surface area contributed by atoms with E-state index in [4.69, 9.17) is 0 Å². The van der Waals surface area contributed by atoms with E-state index in [2.05, 4.69) is 24.1 Å². The molecule has 0 spiro atoms. The molecule has 0 aromatic heterocycles. The number of hydrogen-bond donors (Lipinski definition) is 1. The fourth-order valence-electron chi connectivity index (χ4n) is 1.68. The zero-order valence-electron chi connectivity index (χ0n) is 11.5. The molecule has 0 amide bonds. The van der Waals surface area contributed by atoms with Gasteiger partial charge in [0.05, 0.1) is 0 Å². The Hall–Kier alpha value is -1.00. The molecule has 0 aliphatic rings. The summed E-state index contributed by atoms with van der Waals surface area (Å²) in [6.07, 6.45) is 0. The Morgan fingerprint density at radius 1 is 1.22 bits per heavy atom. The van der Waals surface area contributed by atoms with Crippen molar-refractivity contribution in [2.45, 2.75) is 32.9 Å². The number of halogens is 2. The topological polar surface area (TPSA) is 15.3 Å². The highest BCUT2D eigenvalue weighted by Gasteiger charge is 2.13. The molecule has 4 heteroatoms. The van der Waals surface area contributed by atoms with E-state index < -0.39 is 11.6 Å². The first-order chi connectivity index (χ1) is 8.43. The van der Waals surface area contributed by atoms with Crippen LogP contribution in [0.15, 0.2) is 18.2 Å². The Balaban J connectivity index is 2.50. The summed E-state index contributed by atoms with van der Waals surface area (Å²) in [6, 6.07) is 4.57. The Labute approximate surface area is 108 Å². The molecule has 0 heterocycles. The molecule has 0 aliphatic heterocycles. The van der Waals surface area contributed by atoms with Crippen LogP contribution in [0.25, 0.3) is 0 Å². The van der Waals surface area contributed by atoms with Crippen molar-refractivity contribution in [2.75, 3.05) is 20.1 Å². The third-order valence-electron chi connectivity index (χ3n) is 3.24. The Bertz CT molecular complexity index is 380. The highest BCUT2D eigenvalue weighted by molar-refractivity contribution is 5.21. The van der Waals surface area contributed by atoms with Gasteiger partial charge in [0.15, 0.2) is 11.6 Å². The molecule has 0 aliphatic carbocycles. The standard InChI is InChI=1S/C14H22F2N2/c1-10(2)18(4)9-8-17-11(3)12-6-5-7-13(15)14(12)16/h5-7,10-11,17H,8-9H2,1-4H3. The number of hydrogen-bond acceptors (Lipinski definition) is 2. The summed E-state index contributed by atoms with van der Waals surface area (Å²) in [6.45, 7) is 7.70. The van der Waals surface area contributed by atoms with Crippen molar-refractivity contribution >= 4 is 0 Å². The van der Waals surface area contributed by atoms with Gasteiger partial charge >= 0.3 is 0 Å². The van der Waals surface area contributed by atoms with Crippen LogP contribution in [0.2, 0.25) is 0 Å². The van der Waals surface area contributed by atoms with Gasteiger partial charge in [0.1, 0.15) is 0 Å². The predicted molar refractivity (Wildman–Crippen MR) is 70.5 cm³/mol. The highest BCUT2D eigenvalue weighted by Crippen LogP contribution is 2.18. The van der Waals surface area contributed by atoms with Crippen LogP contribution in [0.4, 0.5) is 8.78 Å². The van der Waals surface area contributed by atoms with E-state index in [9.17, 15) is 8.78 Å². The molecule has 18 heavy (non-hydrogen) atoms. The number of nitrogens with one attached hydrogen (secondary N) is 1. The van der Waals surface area contributed by atoms with Gasteiger partial charge in [-0.3, -0.25) is 0 Å². The van der Waals surface area contributed by atoms with Crippen LogP contribution in [0.5, 0.6) is 0 Å². The van der Waals surface area contributed by atoms with Crippen molar-refractivity contribution in [3.8, 4) is 0 Å². The molecular weight excluding hydrogens is 234 g/mol. The van der Waals surface area contributed by atoms with Crippen LogP contribution in [-0.2, 0) is 0 Å². The van der Waals surface area contributed by atoms with Crippen LogP contribution in [0, 0.1) is 11.6 Å². The number of rotatable bonds is 6. The molecule has 0 saturated carbocycles. The van der Waals surface area contributed by atoms with Gasteiger partial charge in [-0.2, -0.15) is 0 Å². The highest BCUT2D eigenvalue weighted by atomic mass is 19.2. The molecule has 1 atom stereocenters. The van der Waals surface area contributed by atoms with Crippen molar-refractivity contribution in [2.24, 2.45) is 0 Å². The fourth-order valence-corrected chi connectivity index (χ4v) is 1.68. The SMILES string of the molecule is CC(NCCN(C)C(C)C)c1cccc(F)c1F. The van der Waals surface area contributed by atoms with Crippen LogP contribution in [-0.4, -0.2) is 31.1 Å². The zero-order valence-corrected chi connectivity index (χ0v) is 11.5. The van der Waals surface area contributed by atoms with Crippen LogP contribution >= 0.6 is 0 Å². The lowest BCUT2D eigenvalue weighted by Crippen LogP contribution is -2.34. The third kappa shape index (κ3) is 4.03. The largest absolute Gasteiger partial charge is 0.309 e. The molecule has 0 radical (unpaired) electrons. The van der Waals surface area contributed by atoms with E-state index in [0.29, 0.717) is 11.6 Å². The van der Waals surface area contributed by atoms with Crippen molar-refractivity contribution < 1.29 is 8.78 Å². The van der Waals surface area contributed by atoms with Crippen LogP contribution in [0.1, 0.15) is 32.4 Å². The van der Waals surface area contributed by atoms with E-state index in [-0.39, 0.29) is 6.04 Å². The van der Waals surface area contributed by atoms with Crippen molar-refractivity contribution in [3.63, 3.8) is 0 Å². The van der Waals surface area contributed by atoms with E-state index in [1.165, 1.54) is 6.07 Å². The van der Waals surface area contributed by atoms with E-state index in [0.717, 1.165) is 19.2 Å². The normalized spacial score (nSPS) is 13.3. The number of benzene rings is 1. The Kier molecular flexibility index (Phi) is 5.69. The number of nitrogens with zero attached hydrogens (tertiary/aromatic N) is 1. The first kappa shape index (κ1) is 15.1. The van der Waals surface area contributed by atoms with Gasteiger partial charge in [-0.15, -0.1) is 0 Å². The third-order valence-corrected chi connectivity index (χ3v) is 3.24. The zero-order chi connectivity index (χ0) is 13.7. The second-order valence-corrected chi connectivity index (χ2v) is 4.89. The quantitative estimate of drug-likeness (QED) is 0.842. The first-order valence-electron chi connectivity index (χ1n) is 6.31. The lowest BCUT2D eigenvalue weighted by Gasteiger charge is -2.22. The monoisotopic (exact) mass is 256 g/mol. The van der Waals surface area contributed by atoms with Gasteiger partial charge in [0.2, 0.25) is 0 Å². The summed E-state index contributed by atoms with van der Waals surface area (Å²) in [4.78, 5) is 2.20. The molecule has 0 bridgehead atoms. The molecule has 1 aromatic carbocycles. The predicted octanol–water partition coefficient (Wildman–Crippen LogP) is 2.96.